The van der Waals surface area contributed by atoms with E-state index in [0.717, 1.165) is 35.3 Å². The molecule has 1 N–H and O–H groups in total. The predicted octanol–water partition coefficient (Wildman–Crippen LogP) is 3.92. The summed E-state index contributed by atoms with van der Waals surface area (Å²) in [5.74, 6) is 0.927. The van der Waals surface area contributed by atoms with Gasteiger partial charge < -0.3 is 10.1 Å². The fraction of sp³-hybridized carbons (Fsp3) is 0.312. The third-order valence-corrected chi connectivity index (χ3v) is 3.30. The number of halogens is 1. The van der Waals surface area contributed by atoms with Crippen LogP contribution in [0.4, 0.5) is 0 Å². The lowest BCUT2D eigenvalue weighted by atomic mass is 10.2. The Labute approximate surface area is 128 Å². The van der Waals surface area contributed by atoms with Gasteiger partial charge in [-0.3, -0.25) is 4.98 Å². The largest absolute Gasteiger partial charge is 0.489 e. The van der Waals surface area contributed by atoms with E-state index in [-0.39, 0.29) is 0 Å². The molecule has 0 bridgehead atoms. The zero-order valence-electron chi connectivity index (χ0n) is 11.6. The number of benzene rings is 1. The summed E-state index contributed by atoms with van der Waals surface area (Å²) in [6.07, 6.45) is 4.72. The van der Waals surface area contributed by atoms with Crippen LogP contribution in [0.25, 0.3) is 0 Å². The van der Waals surface area contributed by atoms with E-state index in [4.69, 9.17) is 4.74 Å². The molecule has 2 rings (SSSR count). The first-order valence-electron chi connectivity index (χ1n) is 6.80. The second kappa shape index (κ2) is 8.02. The number of ether oxygens (including phenoxy) is 1. The van der Waals surface area contributed by atoms with Gasteiger partial charge in [-0.25, -0.2) is 0 Å². The molecular formula is C16H19BrN2O. The first-order chi connectivity index (χ1) is 9.79. The zero-order chi connectivity index (χ0) is 14.2. The van der Waals surface area contributed by atoms with Crippen molar-refractivity contribution in [3.05, 3.63) is 58.3 Å². The highest BCUT2D eigenvalue weighted by atomic mass is 79.9. The molecule has 1 aromatic heterocycles. The molecule has 0 unspecified atom stereocenters. The molecule has 4 heteroatoms. The number of nitrogens with zero attached hydrogens (tertiary/aromatic N) is 1. The molecular weight excluding hydrogens is 316 g/mol. The minimum atomic E-state index is 0.525. The van der Waals surface area contributed by atoms with Crippen molar-refractivity contribution >= 4 is 15.9 Å². The van der Waals surface area contributed by atoms with Gasteiger partial charge >= 0.3 is 0 Å². The van der Waals surface area contributed by atoms with Crippen LogP contribution in [-0.2, 0) is 13.2 Å². The smallest absolute Gasteiger partial charge is 0.124 e. The lowest BCUT2D eigenvalue weighted by molar-refractivity contribution is 0.301. The molecule has 3 nitrogen and oxygen atoms in total. The van der Waals surface area contributed by atoms with Crippen LogP contribution in [0.3, 0.4) is 0 Å². The van der Waals surface area contributed by atoms with Gasteiger partial charge in [0, 0.05) is 34.5 Å². The van der Waals surface area contributed by atoms with Gasteiger partial charge in [0.2, 0.25) is 0 Å². The van der Waals surface area contributed by atoms with E-state index in [0.29, 0.717) is 6.61 Å². The molecule has 0 amide bonds. The van der Waals surface area contributed by atoms with Gasteiger partial charge in [0.1, 0.15) is 12.4 Å². The Morgan fingerprint density at radius 3 is 2.90 bits per heavy atom. The summed E-state index contributed by atoms with van der Waals surface area (Å²) in [6, 6.07) is 10.2. The monoisotopic (exact) mass is 334 g/mol. The van der Waals surface area contributed by atoms with Crippen LogP contribution >= 0.6 is 15.9 Å². The minimum absolute atomic E-state index is 0.525. The van der Waals surface area contributed by atoms with Crippen LogP contribution < -0.4 is 10.1 Å². The Morgan fingerprint density at radius 2 is 2.10 bits per heavy atom. The molecule has 0 spiro atoms. The number of hydrogen-bond acceptors (Lipinski definition) is 3. The summed E-state index contributed by atoms with van der Waals surface area (Å²) < 4.78 is 6.88. The minimum Gasteiger partial charge on any atom is -0.489 e. The fourth-order valence-electron chi connectivity index (χ4n) is 1.89. The van der Waals surface area contributed by atoms with Crippen molar-refractivity contribution in [2.24, 2.45) is 0 Å². The number of para-hydroxylation sites is 1. The second-order valence-corrected chi connectivity index (χ2v) is 5.50. The van der Waals surface area contributed by atoms with E-state index in [1.165, 1.54) is 5.56 Å². The number of rotatable bonds is 7. The first-order valence-corrected chi connectivity index (χ1v) is 7.59. The Hall–Kier alpha value is -1.39. The third-order valence-electron chi connectivity index (χ3n) is 2.87. The van der Waals surface area contributed by atoms with Gasteiger partial charge in [-0.05, 0) is 41.0 Å². The molecule has 106 valence electrons. The van der Waals surface area contributed by atoms with Gasteiger partial charge in [0.15, 0.2) is 0 Å². The quantitative estimate of drug-likeness (QED) is 0.779. The molecule has 2 aromatic rings. The van der Waals surface area contributed by atoms with Gasteiger partial charge in [0.05, 0.1) is 0 Å². The molecule has 0 saturated carbocycles. The van der Waals surface area contributed by atoms with E-state index in [1.807, 2.05) is 30.5 Å². The maximum atomic E-state index is 5.91. The van der Waals surface area contributed by atoms with E-state index in [2.05, 4.69) is 39.2 Å². The highest BCUT2D eigenvalue weighted by Gasteiger charge is 2.03. The summed E-state index contributed by atoms with van der Waals surface area (Å²) in [6.45, 7) is 4.54. The average Bonchev–Trinajstić information content (AvgIpc) is 2.47. The SMILES string of the molecule is CCCNCc1ccccc1OCc1cncc(Br)c1. The van der Waals surface area contributed by atoms with Crippen molar-refractivity contribution in [2.75, 3.05) is 6.54 Å². The lowest BCUT2D eigenvalue weighted by Gasteiger charge is -2.12. The standard InChI is InChI=1S/C16H19BrN2O/c1-2-7-18-10-14-5-3-4-6-16(14)20-12-13-8-15(17)11-19-9-13/h3-6,8-9,11,18H,2,7,10,12H2,1H3. The highest BCUT2D eigenvalue weighted by Crippen LogP contribution is 2.19. The van der Waals surface area contributed by atoms with Crippen LogP contribution in [0.15, 0.2) is 47.2 Å². The molecule has 1 aromatic carbocycles. The fourth-order valence-corrected chi connectivity index (χ4v) is 2.30. The molecule has 0 radical (unpaired) electrons. The molecule has 0 aliphatic heterocycles. The summed E-state index contributed by atoms with van der Waals surface area (Å²) in [5, 5.41) is 3.40. The number of nitrogens with one attached hydrogen (secondary N) is 1. The summed E-state index contributed by atoms with van der Waals surface area (Å²) in [5.41, 5.74) is 2.24. The van der Waals surface area contributed by atoms with Crippen molar-refractivity contribution in [1.82, 2.24) is 10.3 Å². The first kappa shape index (κ1) is 15.0. The number of aromatic nitrogens is 1. The van der Waals surface area contributed by atoms with Crippen LogP contribution in [0.5, 0.6) is 5.75 Å². The lowest BCUT2D eigenvalue weighted by Crippen LogP contribution is -2.14. The van der Waals surface area contributed by atoms with Crippen LogP contribution in [0.1, 0.15) is 24.5 Å². The van der Waals surface area contributed by atoms with Crippen molar-refractivity contribution < 1.29 is 4.74 Å². The summed E-state index contributed by atoms with van der Waals surface area (Å²) in [4.78, 5) is 4.14. The molecule has 0 saturated heterocycles. The normalized spacial score (nSPS) is 10.5. The second-order valence-electron chi connectivity index (χ2n) is 4.58. The molecule has 0 aliphatic carbocycles. The van der Waals surface area contributed by atoms with Gasteiger partial charge in [-0.1, -0.05) is 25.1 Å². The molecule has 20 heavy (non-hydrogen) atoms. The van der Waals surface area contributed by atoms with Crippen molar-refractivity contribution in [3.63, 3.8) is 0 Å². The van der Waals surface area contributed by atoms with Crippen molar-refractivity contribution in [2.45, 2.75) is 26.5 Å². The Morgan fingerprint density at radius 1 is 1.25 bits per heavy atom. The molecule has 1 heterocycles. The van der Waals surface area contributed by atoms with Gasteiger partial charge in [0.25, 0.3) is 0 Å². The van der Waals surface area contributed by atoms with E-state index in [9.17, 15) is 0 Å². The topological polar surface area (TPSA) is 34.1 Å². The number of hydrogen-bond donors (Lipinski definition) is 1. The molecule has 0 aliphatic rings. The molecule has 0 fully saturated rings. The Bertz CT molecular complexity index is 546. The molecule has 0 atom stereocenters. The maximum Gasteiger partial charge on any atom is 0.124 e. The van der Waals surface area contributed by atoms with Crippen molar-refractivity contribution in [1.29, 1.82) is 0 Å². The van der Waals surface area contributed by atoms with Gasteiger partial charge in [-0.2, -0.15) is 0 Å². The van der Waals surface area contributed by atoms with Crippen molar-refractivity contribution in [3.8, 4) is 5.75 Å². The maximum absolute atomic E-state index is 5.91. The van der Waals surface area contributed by atoms with Crippen LogP contribution in [0, 0.1) is 0 Å². The van der Waals surface area contributed by atoms with Crippen LogP contribution in [0.2, 0.25) is 0 Å². The summed E-state index contributed by atoms with van der Waals surface area (Å²) >= 11 is 3.42. The zero-order valence-corrected chi connectivity index (χ0v) is 13.2. The highest BCUT2D eigenvalue weighted by molar-refractivity contribution is 9.10. The van der Waals surface area contributed by atoms with Crippen LogP contribution in [-0.4, -0.2) is 11.5 Å². The summed E-state index contributed by atoms with van der Waals surface area (Å²) in [7, 11) is 0. The Kier molecular flexibility index (Phi) is 6.02. The van der Waals surface area contributed by atoms with Gasteiger partial charge in [-0.15, -0.1) is 0 Å². The average molecular weight is 335 g/mol. The predicted molar refractivity (Wildman–Crippen MR) is 84.7 cm³/mol. The Balaban J connectivity index is 1.98. The number of pyridine rings is 1. The third kappa shape index (κ3) is 4.62. The van der Waals surface area contributed by atoms with E-state index in [1.54, 1.807) is 6.20 Å². The van der Waals surface area contributed by atoms with E-state index >= 15 is 0 Å². The van der Waals surface area contributed by atoms with E-state index < -0.39 is 0 Å².